The van der Waals surface area contributed by atoms with Crippen LogP contribution in [-0.2, 0) is 9.84 Å². The predicted octanol–water partition coefficient (Wildman–Crippen LogP) is 1.02. The highest BCUT2D eigenvalue weighted by Gasteiger charge is 2.31. The van der Waals surface area contributed by atoms with Crippen molar-refractivity contribution in [2.45, 2.75) is 17.4 Å². The maximum Gasteiger partial charge on any atom is 0.260 e. The number of amides is 1. The van der Waals surface area contributed by atoms with Crippen molar-refractivity contribution in [3.8, 4) is 0 Å². The molecule has 0 aliphatic carbocycles. The molecule has 1 aliphatic rings. The second kappa shape index (κ2) is 5.42. The van der Waals surface area contributed by atoms with Crippen LogP contribution in [0.25, 0.3) is 0 Å². The molecule has 1 aromatic carbocycles. The molecule has 0 spiro atoms. The Hall–Kier alpha value is -2.41. The summed E-state index contributed by atoms with van der Waals surface area (Å²) in [6.45, 7) is 0. The summed E-state index contributed by atoms with van der Waals surface area (Å²) in [7, 11) is -3.30. The average Bonchev–Trinajstić information content (AvgIpc) is 2.51. The molecule has 1 aromatic heterocycles. The Balaban J connectivity index is 1.93. The smallest absolute Gasteiger partial charge is 0.260 e. The van der Waals surface area contributed by atoms with Crippen LogP contribution in [0.1, 0.15) is 28.4 Å². The molecule has 0 saturated carbocycles. The van der Waals surface area contributed by atoms with E-state index in [4.69, 9.17) is 0 Å². The van der Waals surface area contributed by atoms with E-state index in [0.29, 0.717) is 5.56 Å². The van der Waals surface area contributed by atoms with Crippen LogP contribution in [-0.4, -0.2) is 25.1 Å². The van der Waals surface area contributed by atoms with Gasteiger partial charge >= 0.3 is 0 Å². The monoisotopic (exact) mass is 318 g/mol. The van der Waals surface area contributed by atoms with E-state index in [2.05, 4.69) is 10.3 Å². The van der Waals surface area contributed by atoms with Crippen LogP contribution in [0.4, 0.5) is 0 Å². The number of hydrogen-bond acceptors (Lipinski definition) is 4. The molecule has 1 atom stereocenters. The highest BCUT2D eigenvalue weighted by Crippen LogP contribution is 2.31. The summed E-state index contributed by atoms with van der Waals surface area (Å²) in [5.41, 5.74) is 0.0968. The molecule has 0 radical (unpaired) electrons. The van der Waals surface area contributed by atoms with Gasteiger partial charge in [0.2, 0.25) is 0 Å². The standard InChI is InChI=1S/C15H14N2O4S/c18-14-11(5-3-8-16-14)15(19)17-12-7-9-22(20,21)13-6-2-1-4-10(12)13/h1-6,8,12H,7,9H2,(H,16,18)(H,17,19). The highest BCUT2D eigenvalue weighted by molar-refractivity contribution is 7.91. The molecule has 3 rings (SSSR count). The van der Waals surface area contributed by atoms with E-state index in [9.17, 15) is 18.0 Å². The summed E-state index contributed by atoms with van der Waals surface area (Å²) in [6, 6.07) is 9.18. The van der Waals surface area contributed by atoms with Crippen LogP contribution >= 0.6 is 0 Å². The van der Waals surface area contributed by atoms with Gasteiger partial charge in [-0.05, 0) is 30.2 Å². The average molecular weight is 318 g/mol. The molecule has 0 bridgehead atoms. The first-order valence-electron chi connectivity index (χ1n) is 6.79. The van der Waals surface area contributed by atoms with E-state index in [0.717, 1.165) is 0 Å². The van der Waals surface area contributed by atoms with Gasteiger partial charge in [-0.3, -0.25) is 9.59 Å². The number of nitrogens with one attached hydrogen (secondary N) is 2. The fourth-order valence-corrected chi connectivity index (χ4v) is 4.20. The number of sulfone groups is 1. The molecular weight excluding hydrogens is 304 g/mol. The Bertz CT molecular complexity index is 886. The molecule has 1 amide bonds. The zero-order valence-electron chi connectivity index (χ0n) is 11.6. The van der Waals surface area contributed by atoms with Gasteiger partial charge in [0, 0.05) is 6.20 Å². The second-order valence-electron chi connectivity index (χ2n) is 5.08. The van der Waals surface area contributed by atoms with Gasteiger partial charge in [0.15, 0.2) is 9.84 Å². The zero-order chi connectivity index (χ0) is 15.7. The minimum Gasteiger partial charge on any atom is -0.345 e. The lowest BCUT2D eigenvalue weighted by Gasteiger charge is -2.26. The number of carbonyl (C=O) groups excluding carboxylic acids is 1. The first-order chi connectivity index (χ1) is 10.5. The summed E-state index contributed by atoms with van der Waals surface area (Å²) in [4.78, 5) is 26.5. The SMILES string of the molecule is O=C(NC1CCS(=O)(=O)c2ccccc21)c1ccc[nH]c1=O. The van der Waals surface area contributed by atoms with Crippen LogP contribution in [0.15, 0.2) is 52.3 Å². The topological polar surface area (TPSA) is 96.1 Å². The maximum absolute atomic E-state index is 12.2. The number of carbonyl (C=O) groups is 1. The Kier molecular flexibility index (Phi) is 3.58. The van der Waals surface area contributed by atoms with Crippen molar-refractivity contribution in [3.05, 3.63) is 64.1 Å². The molecule has 2 heterocycles. The molecule has 0 saturated heterocycles. The first kappa shape index (κ1) is 14.5. The molecule has 6 nitrogen and oxygen atoms in total. The van der Waals surface area contributed by atoms with E-state index in [1.165, 1.54) is 18.3 Å². The largest absolute Gasteiger partial charge is 0.345 e. The van der Waals surface area contributed by atoms with Gasteiger partial charge in [-0.1, -0.05) is 18.2 Å². The van der Waals surface area contributed by atoms with Crippen LogP contribution in [0.5, 0.6) is 0 Å². The quantitative estimate of drug-likeness (QED) is 0.864. The summed E-state index contributed by atoms with van der Waals surface area (Å²) in [6.07, 6.45) is 1.73. The number of hydrogen-bond donors (Lipinski definition) is 2. The van der Waals surface area contributed by atoms with Crippen molar-refractivity contribution in [1.82, 2.24) is 10.3 Å². The number of rotatable bonds is 2. The van der Waals surface area contributed by atoms with Crippen LogP contribution in [0.2, 0.25) is 0 Å². The summed E-state index contributed by atoms with van der Waals surface area (Å²) >= 11 is 0. The van der Waals surface area contributed by atoms with Crippen LogP contribution in [0, 0.1) is 0 Å². The Morgan fingerprint density at radius 1 is 1.18 bits per heavy atom. The molecule has 1 aliphatic heterocycles. The van der Waals surface area contributed by atoms with Crippen LogP contribution in [0.3, 0.4) is 0 Å². The van der Waals surface area contributed by atoms with E-state index in [1.807, 2.05) is 0 Å². The molecule has 7 heteroatoms. The third kappa shape index (κ3) is 2.55. The maximum atomic E-state index is 12.2. The lowest BCUT2D eigenvalue weighted by atomic mass is 10.0. The van der Waals surface area contributed by atoms with Gasteiger partial charge in [0.05, 0.1) is 16.7 Å². The highest BCUT2D eigenvalue weighted by atomic mass is 32.2. The molecule has 2 N–H and O–H groups in total. The van der Waals surface area contributed by atoms with Gasteiger partial charge in [0.1, 0.15) is 5.56 Å². The van der Waals surface area contributed by atoms with Gasteiger partial charge in [0.25, 0.3) is 11.5 Å². The molecule has 0 fully saturated rings. The number of aromatic amines is 1. The van der Waals surface area contributed by atoms with E-state index < -0.39 is 27.3 Å². The first-order valence-corrected chi connectivity index (χ1v) is 8.44. The summed E-state index contributed by atoms with van der Waals surface area (Å²) in [5, 5.41) is 2.75. The lowest BCUT2D eigenvalue weighted by molar-refractivity contribution is 0.0933. The molecular formula is C15H14N2O4S. The zero-order valence-corrected chi connectivity index (χ0v) is 12.4. The minimum absolute atomic E-state index is 0.00779. The Morgan fingerprint density at radius 2 is 1.95 bits per heavy atom. The van der Waals surface area contributed by atoms with Crippen molar-refractivity contribution >= 4 is 15.7 Å². The lowest BCUT2D eigenvalue weighted by Crippen LogP contribution is -2.36. The number of fused-ring (bicyclic) bond motifs is 1. The minimum atomic E-state index is -3.30. The molecule has 114 valence electrons. The van der Waals surface area contributed by atoms with Gasteiger partial charge in [-0.15, -0.1) is 0 Å². The fourth-order valence-electron chi connectivity index (χ4n) is 2.58. The van der Waals surface area contributed by atoms with E-state index >= 15 is 0 Å². The van der Waals surface area contributed by atoms with E-state index in [1.54, 1.807) is 24.3 Å². The predicted molar refractivity (Wildman–Crippen MR) is 80.4 cm³/mol. The number of aromatic nitrogens is 1. The third-order valence-corrected chi connectivity index (χ3v) is 5.49. The third-order valence-electron chi connectivity index (χ3n) is 3.67. The van der Waals surface area contributed by atoms with Crippen molar-refractivity contribution in [2.75, 3.05) is 5.75 Å². The van der Waals surface area contributed by atoms with Crippen molar-refractivity contribution in [3.63, 3.8) is 0 Å². The number of H-pyrrole nitrogens is 1. The fraction of sp³-hybridized carbons (Fsp3) is 0.200. The van der Waals surface area contributed by atoms with Crippen molar-refractivity contribution < 1.29 is 13.2 Å². The molecule has 2 aromatic rings. The molecule has 1 unspecified atom stereocenters. The second-order valence-corrected chi connectivity index (χ2v) is 7.16. The molecule has 22 heavy (non-hydrogen) atoms. The number of benzene rings is 1. The van der Waals surface area contributed by atoms with Crippen molar-refractivity contribution in [1.29, 1.82) is 0 Å². The Labute approximate surface area is 127 Å². The van der Waals surface area contributed by atoms with Gasteiger partial charge in [-0.2, -0.15) is 0 Å². The Morgan fingerprint density at radius 3 is 2.73 bits per heavy atom. The van der Waals surface area contributed by atoms with Crippen LogP contribution < -0.4 is 10.9 Å². The summed E-state index contributed by atoms with van der Waals surface area (Å²) in [5.74, 6) is -0.541. The van der Waals surface area contributed by atoms with Gasteiger partial charge < -0.3 is 10.3 Å². The number of pyridine rings is 1. The summed E-state index contributed by atoms with van der Waals surface area (Å²) < 4.78 is 24.1. The van der Waals surface area contributed by atoms with E-state index in [-0.39, 0.29) is 22.6 Å². The van der Waals surface area contributed by atoms with Crippen molar-refractivity contribution in [2.24, 2.45) is 0 Å². The normalized spacial score (nSPS) is 19.2. The van der Waals surface area contributed by atoms with Gasteiger partial charge in [-0.25, -0.2) is 8.42 Å².